The number of aryl methyl sites for hydroxylation is 2. The second kappa shape index (κ2) is 20.0. The van der Waals surface area contributed by atoms with Crippen molar-refractivity contribution in [1.82, 2.24) is 0 Å². The summed E-state index contributed by atoms with van der Waals surface area (Å²) in [6.07, 6.45) is 19.5. The Morgan fingerprint density at radius 2 is 1.41 bits per heavy atom. The normalized spacial score (nSPS) is 14.5. The zero-order chi connectivity index (χ0) is 36.6. The fourth-order valence-electron chi connectivity index (χ4n) is 5.83. The van der Waals surface area contributed by atoms with Crippen molar-refractivity contribution >= 4 is 29.5 Å². The van der Waals surface area contributed by atoms with Crippen molar-refractivity contribution < 1.29 is 19.0 Å². The highest BCUT2D eigenvalue weighted by atomic mass is 16.5. The van der Waals surface area contributed by atoms with E-state index in [2.05, 4.69) is 109 Å². The van der Waals surface area contributed by atoms with E-state index in [0.29, 0.717) is 18.7 Å². The predicted molar refractivity (Wildman–Crippen MR) is 214 cm³/mol. The molecule has 0 radical (unpaired) electrons. The molecule has 6 nitrogen and oxygen atoms in total. The average molecular weight is 689 g/mol. The molecule has 0 bridgehead atoms. The molecule has 0 saturated carbocycles. The summed E-state index contributed by atoms with van der Waals surface area (Å²) in [5, 5.41) is 0. The number of benzene rings is 3. The number of likely N-dealkylation sites (N-methyl/N-ethyl adjacent to an activating group) is 1. The molecular formula is C45H56N2O4. The molecule has 1 aliphatic carbocycles. The number of methoxy groups -OCH3 is 2. The van der Waals surface area contributed by atoms with Crippen LogP contribution >= 0.6 is 0 Å². The van der Waals surface area contributed by atoms with Gasteiger partial charge in [0.05, 0.1) is 32.2 Å². The molecule has 0 N–H and O–H groups in total. The Labute approximate surface area is 306 Å². The first-order valence-electron chi connectivity index (χ1n) is 18.2. The van der Waals surface area contributed by atoms with Crippen molar-refractivity contribution in [3.05, 3.63) is 142 Å². The second-order valence-corrected chi connectivity index (χ2v) is 13.1. The van der Waals surface area contributed by atoms with Crippen molar-refractivity contribution in [3.63, 3.8) is 0 Å². The first-order chi connectivity index (χ1) is 24.8. The maximum atomic E-state index is 12.5. The molecule has 0 spiro atoms. The Hall–Kier alpha value is -4.97. The summed E-state index contributed by atoms with van der Waals surface area (Å²) < 4.78 is 17.2. The number of hydrogen-bond acceptors (Lipinski definition) is 6. The standard InChI is InChI=1S/C45H56N2O4/c1-8-10-28-47(29-11-9-2)42-25-17-37(18-26-42)14-21-39-33-44(50-7)38(22-27-43(39)49-6)20-13-36-15-23-41(24-16-36)46(5)30-31-51-45(48)40-19-12-34(3)35(4)32-40/h12-27,32-33,38H,8-11,28-31H2,1-7H3/b20-13+,21-14+. The predicted octanol–water partition coefficient (Wildman–Crippen LogP) is 10.3. The average Bonchev–Trinajstić information content (AvgIpc) is 3.33. The molecule has 6 heteroatoms. The summed E-state index contributed by atoms with van der Waals surface area (Å²) in [6, 6.07) is 22.8. The Morgan fingerprint density at radius 1 is 0.765 bits per heavy atom. The molecule has 3 aromatic rings. The lowest BCUT2D eigenvalue weighted by molar-refractivity contribution is 0.0516. The van der Waals surface area contributed by atoms with E-state index in [1.807, 2.05) is 45.2 Å². The van der Waals surface area contributed by atoms with Gasteiger partial charge in [0.15, 0.2) is 0 Å². The maximum absolute atomic E-state index is 12.5. The van der Waals surface area contributed by atoms with E-state index in [0.717, 1.165) is 58.1 Å². The zero-order valence-electron chi connectivity index (χ0n) is 31.7. The van der Waals surface area contributed by atoms with Crippen molar-refractivity contribution in [3.8, 4) is 0 Å². The summed E-state index contributed by atoms with van der Waals surface area (Å²) in [6.45, 7) is 11.6. The largest absolute Gasteiger partial charge is 0.500 e. The lowest BCUT2D eigenvalue weighted by Gasteiger charge is -2.24. The van der Waals surface area contributed by atoms with Gasteiger partial charge in [-0.05, 0) is 97.5 Å². The van der Waals surface area contributed by atoms with Crippen LogP contribution in [0.4, 0.5) is 11.4 Å². The molecule has 1 aliphatic rings. The summed E-state index contributed by atoms with van der Waals surface area (Å²) in [5.74, 6) is 1.26. The highest BCUT2D eigenvalue weighted by Gasteiger charge is 2.15. The van der Waals surface area contributed by atoms with Crippen LogP contribution in [0.3, 0.4) is 0 Å². The Kier molecular flexibility index (Phi) is 15.2. The van der Waals surface area contributed by atoms with Crippen molar-refractivity contribution in [2.45, 2.75) is 53.4 Å². The van der Waals surface area contributed by atoms with Gasteiger partial charge >= 0.3 is 5.97 Å². The van der Waals surface area contributed by atoms with Gasteiger partial charge in [-0.1, -0.05) is 87.4 Å². The van der Waals surface area contributed by atoms with Crippen molar-refractivity contribution in [1.29, 1.82) is 0 Å². The number of carbonyl (C=O) groups excluding carboxylic acids is 1. The fourth-order valence-corrected chi connectivity index (χ4v) is 5.83. The molecule has 0 heterocycles. The fraction of sp³-hybridized carbons (Fsp3) is 0.356. The van der Waals surface area contributed by atoms with Crippen LogP contribution in [0.15, 0.2) is 114 Å². The van der Waals surface area contributed by atoms with Crippen LogP contribution in [-0.4, -0.2) is 53.5 Å². The number of esters is 1. The van der Waals surface area contributed by atoms with Gasteiger partial charge in [0, 0.05) is 37.1 Å². The van der Waals surface area contributed by atoms with E-state index in [4.69, 9.17) is 14.2 Å². The highest BCUT2D eigenvalue weighted by Crippen LogP contribution is 2.27. The maximum Gasteiger partial charge on any atom is 0.338 e. The van der Waals surface area contributed by atoms with Gasteiger partial charge in [0.1, 0.15) is 18.1 Å². The van der Waals surface area contributed by atoms with E-state index >= 15 is 0 Å². The molecular weight excluding hydrogens is 633 g/mol. The Balaban J connectivity index is 1.36. The minimum atomic E-state index is -0.294. The molecule has 0 aliphatic heterocycles. The van der Waals surface area contributed by atoms with Crippen LogP contribution in [0.2, 0.25) is 0 Å². The molecule has 0 fully saturated rings. The number of anilines is 2. The Bertz CT molecular complexity index is 1710. The van der Waals surface area contributed by atoms with E-state index in [1.165, 1.54) is 31.4 Å². The third-order valence-electron chi connectivity index (χ3n) is 9.33. The number of allylic oxidation sites excluding steroid dienone is 5. The SMILES string of the molecule is CCCCN(CCCC)c1ccc(/C=C/C2=C(OC)C=CC(/C=C/c3ccc(N(C)CCOC(=O)c4ccc(C)c(C)c4)cc3)C(OC)=C2)cc1. The van der Waals surface area contributed by atoms with Gasteiger partial charge in [0.2, 0.25) is 0 Å². The summed E-state index contributed by atoms with van der Waals surface area (Å²) in [7, 11) is 5.41. The topological polar surface area (TPSA) is 51.2 Å². The molecule has 1 unspecified atom stereocenters. The van der Waals surface area contributed by atoms with Crippen LogP contribution in [0.25, 0.3) is 12.2 Å². The Morgan fingerprint density at radius 3 is 2.02 bits per heavy atom. The molecule has 0 amide bonds. The number of rotatable bonds is 18. The highest BCUT2D eigenvalue weighted by molar-refractivity contribution is 5.89. The van der Waals surface area contributed by atoms with Crippen LogP contribution in [0.1, 0.15) is 72.1 Å². The third-order valence-corrected chi connectivity index (χ3v) is 9.33. The number of ether oxygens (including phenoxy) is 3. The molecule has 270 valence electrons. The summed E-state index contributed by atoms with van der Waals surface area (Å²) in [4.78, 5) is 17.1. The van der Waals surface area contributed by atoms with Crippen LogP contribution < -0.4 is 9.80 Å². The minimum Gasteiger partial charge on any atom is -0.500 e. The summed E-state index contributed by atoms with van der Waals surface area (Å²) >= 11 is 0. The quantitative estimate of drug-likeness (QED) is 0.124. The molecule has 0 saturated heterocycles. The number of unbranched alkanes of at least 4 members (excludes halogenated alkanes) is 2. The van der Waals surface area contributed by atoms with Crippen molar-refractivity contribution in [2.75, 3.05) is 57.3 Å². The third kappa shape index (κ3) is 11.5. The monoisotopic (exact) mass is 688 g/mol. The smallest absolute Gasteiger partial charge is 0.338 e. The summed E-state index contributed by atoms with van der Waals surface area (Å²) in [5.41, 5.74) is 8.32. The zero-order valence-corrected chi connectivity index (χ0v) is 31.7. The van der Waals surface area contributed by atoms with Gasteiger partial charge in [0.25, 0.3) is 0 Å². The van der Waals surface area contributed by atoms with Crippen LogP contribution in [0, 0.1) is 19.8 Å². The van der Waals surface area contributed by atoms with Crippen LogP contribution in [-0.2, 0) is 14.2 Å². The number of hydrogen-bond donors (Lipinski definition) is 0. The van der Waals surface area contributed by atoms with Gasteiger partial charge in [-0.3, -0.25) is 0 Å². The molecule has 51 heavy (non-hydrogen) atoms. The van der Waals surface area contributed by atoms with Crippen molar-refractivity contribution in [2.24, 2.45) is 5.92 Å². The molecule has 3 aromatic carbocycles. The molecule has 0 aromatic heterocycles. The van der Waals surface area contributed by atoms with E-state index < -0.39 is 0 Å². The first-order valence-corrected chi connectivity index (χ1v) is 18.2. The van der Waals surface area contributed by atoms with E-state index in [-0.39, 0.29) is 11.9 Å². The lowest BCUT2D eigenvalue weighted by Crippen LogP contribution is -2.25. The number of nitrogens with zero attached hydrogens (tertiary/aromatic N) is 2. The second-order valence-electron chi connectivity index (χ2n) is 13.1. The minimum absolute atomic E-state index is 0.0584. The van der Waals surface area contributed by atoms with Gasteiger partial charge in [-0.15, -0.1) is 0 Å². The molecule has 1 atom stereocenters. The van der Waals surface area contributed by atoms with Gasteiger partial charge < -0.3 is 24.0 Å². The van der Waals surface area contributed by atoms with E-state index in [9.17, 15) is 4.79 Å². The van der Waals surface area contributed by atoms with Crippen LogP contribution in [0.5, 0.6) is 0 Å². The first kappa shape index (κ1) is 38.8. The van der Waals surface area contributed by atoms with Gasteiger partial charge in [-0.25, -0.2) is 4.79 Å². The lowest BCUT2D eigenvalue weighted by atomic mass is 10.0. The van der Waals surface area contributed by atoms with Gasteiger partial charge in [-0.2, -0.15) is 0 Å². The number of carbonyl (C=O) groups is 1. The van der Waals surface area contributed by atoms with E-state index in [1.54, 1.807) is 14.2 Å². The molecule has 4 rings (SSSR count).